The van der Waals surface area contributed by atoms with E-state index >= 15 is 0 Å². The van der Waals surface area contributed by atoms with Crippen LogP contribution in [0.4, 0.5) is 0 Å². The number of nitrogens with one attached hydrogen (secondary N) is 1. The Kier molecular flexibility index (Phi) is 4.92. The summed E-state index contributed by atoms with van der Waals surface area (Å²) in [4.78, 5) is 15.7. The van der Waals surface area contributed by atoms with Crippen LogP contribution in [-0.2, 0) is 11.2 Å². The molecule has 0 atom stereocenters. The average Bonchev–Trinajstić information content (AvgIpc) is 2.83. The lowest BCUT2D eigenvalue weighted by molar-refractivity contribution is -0.116. The molecule has 0 aliphatic carbocycles. The highest BCUT2D eigenvalue weighted by atomic mass is 79.9. The zero-order chi connectivity index (χ0) is 13.5. The third-order valence-corrected chi connectivity index (χ3v) is 2.83. The van der Waals surface area contributed by atoms with E-state index in [1.165, 1.54) is 6.08 Å². The maximum Gasteiger partial charge on any atom is 0.244 e. The highest BCUT2D eigenvalue weighted by molar-refractivity contribution is 9.10. The van der Waals surface area contributed by atoms with Gasteiger partial charge in [0, 0.05) is 30.9 Å². The first-order valence-corrected chi connectivity index (χ1v) is 6.64. The summed E-state index contributed by atoms with van der Waals surface area (Å²) in [5, 5.41) is 2.79. The summed E-state index contributed by atoms with van der Waals surface area (Å²) >= 11 is 3.20. The highest BCUT2D eigenvalue weighted by Crippen LogP contribution is 2.14. The van der Waals surface area contributed by atoms with E-state index in [1.807, 2.05) is 18.2 Å². The lowest BCUT2D eigenvalue weighted by Gasteiger charge is -2.01. The van der Waals surface area contributed by atoms with Crippen LogP contribution >= 0.6 is 15.9 Å². The van der Waals surface area contributed by atoms with Crippen molar-refractivity contribution in [3.05, 3.63) is 58.7 Å². The van der Waals surface area contributed by atoms with Gasteiger partial charge in [-0.2, -0.15) is 0 Å². The van der Waals surface area contributed by atoms with E-state index < -0.39 is 0 Å². The molecule has 0 spiro atoms. The molecule has 2 rings (SSSR count). The van der Waals surface area contributed by atoms with Gasteiger partial charge < -0.3 is 9.73 Å². The van der Waals surface area contributed by atoms with Crippen molar-refractivity contribution in [2.75, 3.05) is 6.54 Å². The minimum absolute atomic E-state index is 0.150. The summed E-state index contributed by atoms with van der Waals surface area (Å²) in [7, 11) is 0. The number of halogens is 1. The molecule has 0 radical (unpaired) electrons. The Hall–Kier alpha value is -1.88. The van der Waals surface area contributed by atoms with Gasteiger partial charge in [0.2, 0.25) is 5.91 Å². The molecule has 19 heavy (non-hydrogen) atoms. The lowest BCUT2D eigenvalue weighted by Crippen LogP contribution is -2.23. The third-order valence-electron chi connectivity index (χ3n) is 2.40. The standard InChI is InChI=1S/C14H13BrN2O2/c15-13-6-4-12(19-13)5-7-14(18)17-10-8-11-3-1-2-9-16-11/h1-7,9H,8,10H2,(H,17,18)/b7-5+. The summed E-state index contributed by atoms with van der Waals surface area (Å²) in [5.41, 5.74) is 0.960. The molecule has 2 heterocycles. The van der Waals surface area contributed by atoms with Gasteiger partial charge in [0.25, 0.3) is 0 Å². The van der Waals surface area contributed by atoms with Gasteiger partial charge in [-0.15, -0.1) is 0 Å². The van der Waals surface area contributed by atoms with Gasteiger partial charge in [-0.3, -0.25) is 9.78 Å². The second-order valence-electron chi connectivity index (χ2n) is 3.84. The van der Waals surface area contributed by atoms with Crippen LogP contribution in [0.15, 0.2) is 51.7 Å². The van der Waals surface area contributed by atoms with Crippen LogP contribution in [0, 0.1) is 0 Å². The molecule has 1 N–H and O–H groups in total. The van der Waals surface area contributed by atoms with E-state index in [1.54, 1.807) is 24.4 Å². The van der Waals surface area contributed by atoms with Crippen molar-refractivity contribution in [1.29, 1.82) is 0 Å². The molecule has 5 heteroatoms. The Labute approximate surface area is 119 Å². The quantitative estimate of drug-likeness (QED) is 0.862. The summed E-state index contributed by atoms with van der Waals surface area (Å²) < 4.78 is 5.89. The second-order valence-corrected chi connectivity index (χ2v) is 4.62. The summed E-state index contributed by atoms with van der Waals surface area (Å²) in [6, 6.07) is 9.29. The summed E-state index contributed by atoms with van der Waals surface area (Å²) in [6.07, 6.45) is 5.53. The molecular formula is C14H13BrN2O2. The average molecular weight is 321 g/mol. The van der Waals surface area contributed by atoms with E-state index in [0.717, 1.165) is 5.69 Å². The Balaban J connectivity index is 1.74. The van der Waals surface area contributed by atoms with Crippen LogP contribution in [0.3, 0.4) is 0 Å². The van der Waals surface area contributed by atoms with E-state index in [2.05, 4.69) is 26.2 Å². The van der Waals surface area contributed by atoms with Crippen LogP contribution < -0.4 is 5.32 Å². The zero-order valence-corrected chi connectivity index (χ0v) is 11.8. The second kappa shape index (κ2) is 6.89. The Morgan fingerprint density at radius 1 is 1.37 bits per heavy atom. The number of carbonyl (C=O) groups excluding carboxylic acids is 1. The van der Waals surface area contributed by atoms with Crippen LogP contribution in [0.1, 0.15) is 11.5 Å². The molecule has 2 aromatic rings. The first-order chi connectivity index (χ1) is 9.24. The Morgan fingerprint density at radius 3 is 2.95 bits per heavy atom. The Morgan fingerprint density at radius 2 is 2.26 bits per heavy atom. The number of carbonyl (C=O) groups is 1. The minimum atomic E-state index is -0.150. The number of pyridine rings is 1. The predicted octanol–water partition coefficient (Wildman–Crippen LogP) is 2.81. The summed E-state index contributed by atoms with van der Waals surface area (Å²) in [6.45, 7) is 0.558. The third kappa shape index (κ3) is 4.71. The van der Waals surface area contributed by atoms with Gasteiger partial charge in [0.05, 0.1) is 0 Å². The normalized spacial score (nSPS) is 10.8. The SMILES string of the molecule is O=C(/C=C/c1ccc(Br)o1)NCCc1ccccn1. The zero-order valence-electron chi connectivity index (χ0n) is 10.2. The first kappa shape index (κ1) is 13.5. The molecule has 98 valence electrons. The van der Waals surface area contributed by atoms with Crippen LogP contribution in [0.2, 0.25) is 0 Å². The van der Waals surface area contributed by atoms with Gasteiger partial charge >= 0.3 is 0 Å². The largest absolute Gasteiger partial charge is 0.450 e. The van der Waals surface area contributed by atoms with Gasteiger partial charge in [-0.05, 0) is 46.3 Å². The molecule has 0 aromatic carbocycles. The molecule has 0 saturated carbocycles. The van der Waals surface area contributed by atoms with Crippen LogP contribution in [0.25, 0.3) is 6.08 Å². The molecule has 0 aliphatic rings. The fourth-order valence-corrected chi connectivity index (χ4v) is 1.81. The van der Waals surface area contributed by atoms with E-state index in [4.69, 9.17) is 4.42 Å². The molecule has 0 fully saturated rings. The number of amides is 1. The number of aromatic nitrogens is 1. The molecule has 2 aromatic heterocycles. The molecule has 0 saturated heterocycles. The van der Waals surface area contributed by atoms with Crippen LogP contribution in [-0.4, -0.2) is 17.4 Å². The molecule has 1 amide bonds. The van der Waals surface area contributed by atoms with Crippen molar-refractivity contribution in [3.8, 4) is 0 Å². The number of nitrogens with zero attached hydrogens (tertiary/aromatic N) is 1. The van der Waals surface area contributed by atoms with E-state index in [9.17, 15) is 4.79 Å². The number of hydrogen-bond donors (Lipinski definition) is 1. The maximum atomic E-state index is 11.5. The van der Waals surface area contributed by atoms with Crippen molar-refractivity contribution < 1.29 is 9.21 Å². The van der Waals surface area contributed by atoms with Crippen molar-refractivity contribution in [2.24, 2.45) is 0 Å². The molecule has 0 bridgehead atoms. The molecular weight excluding hydrogens is 308 g/mol. The van der Waals surface area contributed by atoms with Crippen molar-refractivity contribution >= 4 is 27.9 Å². The molecule has 4 nitrogen and oxygen atoms in total. The summed E-state index contributed by atoms with van der Waals surface area (Å²) in [5.74, 6) is 0.482. The van der Waals surface area contributed by atoms with Crippen molar-refractivity contribution in [2.45, 2.75) is 6.42 Å². The molecule has 0 unspecified atom stereocenters. The van der Waals surface area contributed by atoms with Gasteiger partial charge in [0.15, 0.2) is 4.67 Å². The smallest absolute Gasteiger partial charge is 0.244 e. The topological polar surface area (TPSA) is 55.1 Å². The van der Waals surface area contributed by atoms with Crippen molar-refractivity contribution in [1.82, 2.24) is 10.3 Å². The predicted molar refractivity (Wildman–Crippen MR) is 76.4 cm³/mol. The number of rotatable bonds is 5. The van der Waals surface area contributed by atoms with E-state index in [0.29, 0.717) is 23.4 Å². The lowest BCUT2D eigenvalue weighted by atomic mass is 10.3. The monoisotopic (exact) mass is 320 g/mol. The minimum Gasteiger partial charge on any atom is -0.450 e. The van der Waals surface area contributed by atoms with E-state index in [-0.39, 0.29) is 5.91 Å². The fourth-order valence-electron chi connectivity index (χ4n) is 1.49. The highest BCUT2D eigenvalue weighted by Gasteiger charge is 1.98. The van der Waals surface area contributed by atoms with Gasteiger partial charge in [-0.25, -0.2) is 0 Å². The van der Waals surface area contributed by atoms with Crippen LogP contribution in [0.5, 0.6) is 0 Å². The number of hydrogen-bond acceptors (Lipinski definition) is 3. The first-order valence-electron chi connectivity index (χ1n) is 5.85. The molecule has 0 aliphatic heterocycles. The van der Waals surface area contributed by atoms with Gasteiger partial charge in [-0.1, -0.05) is 6.07 Å². The maximum absolute atomic E-state index is 11.5. The van der Waals surface area contributed by atoms with Gasteiger partial charge in [0.1, 0.15) is 5.76 Å². The Bertz CT molecular complexity index is 564. The number of furan rings is 1. The fraction of sp³-hybridized carbons (Fsp3) is 0.143. The van der Waals surface area contributed by atoms with Crippen molar-refractivity contribution in [3.63, 3.8) is 0 Å².